The van der Waals surface area contributed by atoms with Crippen LogP contribution in [0.15, 0.2) is 109 Å². The van der Waals surface area contributed by atoms with E-state index in [0.29, 0.717) is 17.9 Å². The van der Waals surface area contributed by atoms with Gasteiger partial charge < -0.3 is 14.8 Å². The molecule has 1 aliphatic rings. The Bertz CT molecular complexity index is 1240. The van der Waals surface area contributed by atoms with Gasteiger partial charge in [-0.1, -0.05) is 110 Å². The zero-order valence-electron chi connectivity index (χ0n) is 22.1. The third-order valence-corrected chi connectivity index (χ3v) is 6.81. The summed E-state index contributed by atoms with van der Waals surface area (Å²) in [5.74, 6) is 0.958. The van der Waals surface area contributed by atoms with Crippen LogP contribution >= 0.6 is 0 Å². The molecule has 1 aliphatic carbocycles. The molecule has 0 radical (unpaired) electrons. The van der Waals surface area contributed by atoms with Crippen LogP contribution in [-0.2, 0) is 18.0 Å². The zero-order valence-corrected chi connectivity index (χ0v) is 22.1. The summed E-state index contributed by atoms with van der Waals surface area (Å²) in [6.07, 6.45) is 7.12. The summed E-state index contributed by atoms with van der Waals surface area (Å²) in [6.45, 7) is 0.611. The summed E-state index contributed by atoms with van der Waals surface area (Å²) >= 11 is 0. The fraction of sp³-hybridized carbons (Fsp3) is 0.265. The summed E-state index contributed by atoms with van der Waals surface area (Å²) in [7, 11) is 1.80. The first-order chi connectivity index (χ1) is 18.7. The first kappa shape index (κ1) is 27.0. The van der Waals surface area contributed by atoms with Crippen molar-refractivity contribution in [3.05, 3.63) is 131 Å². The van der Waals surface area contributed by atoms with Gasteiger partial charge in [0.1, 0.15) is 24.5 Å². The van der Waals surface area contributed by atoms with Crippen molar-refractivity contribution < 1.29 is 14.3 Å². The number of carbonyl (C=O) groups excluding carboxylic acids is 1. The smallest absolute Gasteiger partial charge is 0.342 e. The highest BCUT2D eigenvalue weighted by Gasteiger charge is 2.16. The Labute approximate surface area is 226 Å². The summed E-state index contributed by atoms with van der Waals surface area (Å²) in [4.78, 5) is 12.6. The van der Waals surface area contributed by atoms with E-state index in [1.165, 1.54) is 32.1 Å². The predicted octanol–water partition coefficient (Wildman–Crippen LogP) is 8.40. The number of hydrogen-bond acceptors (Lipinski definition) is 4. The predicted molar refractivity (Wildman–Crippen MR) is 155 cm³/mol. The average molecular weight is 508 g/mol. The number of benzene rings is 4. The molecular weight excluding hydrogens is 470 g/mol. The molecule has 196 valence electrons. The van der Waals surface area contributed by atoms with E-state index < -0.39 is 5.97 Å². The Hall–Kier alpha value is -4.05. The molecule has 1 saturated carbocycles. The van der Waals surface area contributed by atoms with Gasteiger partial charge >= 0.3 is 5.97 Å². The van der Waals surface area contributed by atoms with Crippen LogP contribution < -0.4 is 10.1 Å². The van der Waals surface area contributed by atoms with E-state index >= 15 is 0 Å². The minimum Gasteiger partial charge on any atom is -0.488 e. The van der Waals surface area contributed by atoms with Crippen LogP contribution in [0.2, 0.25) is 0 Å². The lowest BCUT2D eigenvalue weighted by Gasteiger charge is -2.21. The number of hydrogen-bond donors (Lipinski definition) is 1. The molecule has 0 atom stereocenters. The fourth-order valence-electron chi connectivity index (χ4n) is 4.67. The summed E-state index contributed by atoms with van der Waals surface area (Å²) in [6, 6.07) is 35.8. The average Bonchev–Trinajstić information content (AvgIpc) is 3.01. The molecule has 4 heteroatoms. The molecule has 0 unspecified atom stereocenters. The molecule has 5 rings (SSSR count). The molecular formula is C34H37NO3. The number of ether oxygens (including phenoxy) is 2. The van der Waals surface area contributed by atoms with Gasteiger partial charge in [-0.15, -0.1) is 0 Å². The molecule has 0 amide bonds. The van der Waals surface area contributed by atoms with Crippen LogP contribution in [0.4, 0.5) is 5.69 Å². The van der Waals surface area contributed by atoms with E-state index in [9.17, 15) is 4.79 Å². The Morgan fingerprint density at radius 1 is 0.737 bits per heavy atom. The van der Waals surface area contributed by atoms with E-state index in [2.05, 4.69) is 35.6 Å². The first-order valence-corrected chi connectivity index (χ1v) is 13.5. The lowest BCUT2D eigenvalue weighted by molar-refractivity contribution is 0.0467. The number of nitrogens with one attached hydrogen (secondary N) is 1. The Kier molecular flexibility index (Phi) is 10.4. The maximum Gasteiger partial charge on any atom is 0.342 e. The quantitative estimate of drug-likeness (QED) is 0.243. The van der Waals surface area contributed by atoms with Crippen molar-refractivity contribution in [2.24, 2.45) is 0 Å². The lowest BCUT2D eigenvalue weighted by atomic mass is 9.84. The molecule has 0 heterocycles. The van der Waals surface area contributed by atoms with Crippen LogP contribution in [0.1, 0.15) is 65.1 Å². The standard InChI is InChI=1S/C22H21NO3.C12H16/c1-23-19-12-13-21(25-15-17-8-4-2-5-9-17)20(14-19)22(24)26-16-18-10-6-3-7-11-18;1-3-7-11(8-4-1)12-9-5-2-6-10-12/h2-14,23H,15-16H2,1H3;1,3-4,7-8,12H,2,5-6,9-10H2. The first-order valence-electron chi connectivity index (χ1n) is 13.5. The van der Waals surface area contributed by atoms with Crippen LogP contribution in [0.25, 0.3) is 0 Å². The van der Waals surface area contributed by atoms with Gasteiger partial charge in [-0.05, 0) is 53.6 Å². The largest absolute Gasteiger partial charge is 0.488 e. The maximum absolute atomic E-state index is 12.6. The Morgan fingerprint density at radius 3 is 1.92 bits per heavy atom. The van der Waals surface area contributed by atoms with Crippen LogP contribution in [-0.4, -0.2) is 13.0 Å². The van der Waals surface area contributed by atoms with Crippen molar-refractivity contribution >= 4 is 11.7 Å². The summed E-state index contributed by atoms with van der Waals surface area (Å²) in [5.41, 5.74) is 4.76. The van der Waals surface area contributed by atoms with Gasteiger partial charge in [-0.3, -0.25) is 0 Å². The second-order valence-corrected chi connectivity index (χ2v) is 9.54. The molecule has 0 aliphatic heterocycles. The van der Waals surface area contributed by atoms with Crippen molar-refractivity contribution in [1.29, 1.82) is 0 Å². The van der Waals surface area contributed by atoms with Crippen LogP contribution in [0.5, 0.6) is 5.75 Å². The topological polar surface area (TPSA) is 47.6 Å². The van der Waals surface area contributed by atoms with Gasteiger partial charge in [-0.25, -0.2) is 4.79 Å². The van der Waals surface area contributed by atoms with Gasteiger partial charge in [0.05, 0.1) is 0 Å². The summed E-state index contributed by atoms with van der Waals surface area (Å²) in [5, 5.41) is 3.03. The Morgan fingerprint density at radius 2 is 1.32 bits per heavy atom. The number of anilines is 1. The SMILES string of the molecule is CNc1ccc(OCc2ccccc2)c(C(=O)OCc2ccccc2)c1.c1ccc(C2CCCCC2)cc1. The van der Waals surface area contributed by atoms with Gasteiger partial charge in [0, 0.05) is 12.7 Å². The van der Waals surface area contributed by atoms with E-state index in [1.54, 1.807) is 24.7 Å². The number of rotatable bonds is 8. The van der Waals surface area contributed by atoms with Crippen molar-refractivity contribution in [2.75, 3.05) is 12.4 Å². The molecule has 0 spiro atoms. The van der Waals surface area contributed by atoms with Crippen LogP contribution in [0, 0.1) is 0 Å². The van der Waals surface area contributed by atoms with Crippen molar-refractivity contribution in [1.82, 2.24) is 0 Å². The fourth-order valence-corrected chi connectivity index (χ4v) is 4.67. The minimum absolute atomic E-state index is 0.224. The highest BCUT2D eigenvalue weighted by molar-refractivity contribution is 5.93. The lowest BCUT2D eigenvalue weighted by Crippen LogP contribution is -2.09. The van der Waals surface area contributed by atoms with E-state index in [0.717, 1.165) is 22.7 Å². The molecule has 1 fully saturated rings. The molecule has 4 nitrogen and oxygen atoms in total. The van der Waals surface area contributed by atoms with E-state index in [1.807, 2.05) is 66.7 Å². The van der Waals surface area contributed by atoms with Gasteiger partial charge in [0.15, 0.2) is 0 Å². The normalized spacial score (nSPS) is 13.1. The highest BCUT2D eigenvalue weighted by Crippen LogP contribution is 2.32. The maximum atomic E-state index is 12.6. The second kappa shape index (κ2) is 14.6. The van der Waals surface area contributed by atoms with Crippen LogP contribution in [0.3, 0.4) is 0 Å². The Balaban J connectivity index is 0.000000232. The van der Waals surface area contributed by atoms with Gasteiger partial charge in [0.2, 0.25) is 0 Å². The molecule has 0 aromatic heterocycles. The molecule has 38 heavy (non-hydrogen) atoms. The van der Waals surface area contributed by atoms with Gasteiger partial charge in [-0.2, -0.15) is 0 Å². The minimum atomic E-state index is -0.408. The zero-order chi connectivity index (χ0) is 26.4. The molecule has 4 aromatic rings. The monoisotopic (exact) mass is 507 g/mol. The highest BCUT2D eigenvalue weighted by atomic mass is 16.5. The second-order valence-electron chi connectivity index (χ2n) is 9.54. The van der Waals surface area contributed by atoms with Crippen molar-refractivity contribution in [3.8, 4) is 5.75 Å². The molecule has 4 aromatic carbocycles. The summed E-state index contributed by atoms with van der Waals surface area (Å²) < 4.78 is 11.3. The molecule has 0 saturated heterocycles. The third kappa shape index (κ3) is 8.24. The van der Waals surface area contributed by atoms with Gasteiger partial charge in [0.25, 0.3) is 0 Å². The van der Waals surface area contributed by atoms with E-state index in [-0.39, 0.29) is 6.61 Å². The third-order valence-electron chi connectivity index (χ3n) is 6.81. The van der Waals surface area contributed by atoms with Crippen molar-refractivity contribution in [3.63, 3.8) is 0 Å². The number of carbonyl (C=O) groups is 1. The molecule has 0 bridgehead atoms. The molecule has 1 N–H and O–H groups in total. The van der Waals surface area contributed by atoms with E-state index in [4.69, 9.17) is 9.47 Å². The van der Waals surface area contributed by atoms with Crippen molar-refractivity contribution in [2.45, 2.75) is 51.2 Å². The number of esters is 1.